The number of aromatic amines is 1. The third kappa shape index (κ3) is 3.70. The summed E-state index contributed by atoms with van der Waals surface area (Å²) in [7, 11) is 0. The molecule has 1 aromatic carbocycles. The minimum atomic E-state index is -0.374. The van der Waals surface area contributed by atoms with Crippen molar-refractivity contribution in [2.24, 2.45) is 0 Å². The zero-order valence-electron chi connectivity index (χ0n) is 14.4. The van der Waals surface area contributed by atoms with Crippen molar-refractivity contribution in [3.63, 3.8) is 0 Å². The van der Waals surface area contributed by atoms with E-state index in [2.05, 4.69) is 38.0 Å². The first-order valence-corrected chi connectivity index (χ1v) is 7.95. The van der Waals surface area contributed by atoms with E-state index in [4.69, 9.17) is 0 Å². The second-order valence-electron chi connectivity index (χ2n) is 6.46. The van der Waals surface area contributed by atoms with Gasteiger partial charge in [-0.2, -0.15) is 0 Å². The van der Waals surface area contributed by atoms with E-state index in [0.29, 0.717) is 0 Å². The van der Waals surface area contributed by atoms with Crippen LogP contribution in [-0.4, -0.2) is 10.9 Å². The van der Waals surface area contributed by atoms with E-state index < -0.39 is 0 Å². The lowest BCUT2D eigenvalue weighted by molar-refractivity contribution is 0.102. The normalized spacial score (nSPS) is 11.1. The maximum atomic E-state index is 12.6. The molecule has 0 aliphatic rings. The third-order valence-corrected chi connectivity index (χ3v) is 3.91. The van der Waals surface area contributed by atoms with Gasteiger partial charge < -0.3 is 10.3 Å². The number of hydrogen-bond donors (Lipinski definition) is 2. The lowest BCUT2D eigenvalue weighted by atomic mass is 9.92. The number of carbonyl (C=O) groups is 1. The summed E-state index contributed by atoms with van der Waals surface area (Å²) in [5.41, 5.74) is 3.47. The molecule has 1 aromatic heterocycles. The van der Waals surface area contributed by atoms with Crippen LogP contribution in [0.15, 0.2) is 35.1 Å². The van der Waals surface area contributed by atoms with Crippen LogP contribution in [0.3, 0.4) is 0 Å². The van der Waals surface area contributed by atoms with E-state index in [1.165, 1.54) is 0 Å². The maximum Gasteiger partial charge on any atom is 0.261 e. The topological polar surface area (TPSA) is 62.0 Å². The van der Waals surface area contributed by atoms with Gasteiger partial charge in [-0.3, -0.25) is 9.59 Å². The van der Waals surface area contributed by atoms with Gasteiger partial charge in [0.1, 0.15) is 5.56 Å². The number of amides is 1. The summed E-state index contributed by atoms with van der Waals surface area (Å²) in [6.45, 7) is 10.1. The van der Waals surface area contributed by atoms with E-state index in [9.17, 15) is 9.59 Å². The van der Waals surface area contributed by atoms with Crippen LogP contribution in [0.1, 0.15) is 66.7 Å². The fourth-order valence-corrected chi connectivity index (χ4v) is 2.63. The number of aromatic nitrogens is 1. The Balaban J connectivity index is 2.46. The summed E-state index contributed by atoms with van der Waals surface area (Å²) in [6, 6.07) is 9.35. The Morgan fingerprint density at radius 3 is 2.04 bits per heavy atom. The van der Waals surface area contributed by atoms with Crippen LogP contribution in [0.4, 0.5) is 5.69 Å². The molecule has 122 valence electrons. The molecule has 0 spiro atoms. The van der Waals surface area contributed by atoms with Gasteiger partial charge in [-0.15, -0.1) is 0 Å². The van der Waals surface area contributed by atoms with Crippen molar-refractivity contribution < 1.29 is 4.79 Å². The van der Waals surface area contributed by atoms with Crippen molar-refractivity contribution >= 4 is 11.6 Å². The molecule has 0 atom stereocenters. The lowest BCUT2D eigenvalue weighted by Gasteiger charge is -2.20. The summed E-state index contributed by atoms with van der Waals surface area (Å²) < 4.78 is 0. The van der Waals surface area contributed by atoms with Crippen LogP contribution in [0.5, 0.6) is 0 Å². The largest absolute Gasteiger partial charge is 0.326 e. The summed E-state index contributed by atoms with van der Waals surface area (Å²) >= 11 is 0. The predicted molar refractivity (Wildman–Crippen MR) is 94.4 cm³/mol. The van der Waals surface area contributed by atoms with E-state index in [1.54, 1.807) is 19.1 Å². The molecule has 0 saturated carbocycles. The first-order valence-electron chi connectivity index (χ1n) is 7.95. The number of para-hydroxylation sites is 1. The van der Waals surface area contributed by atoms with Gasteiger partial charge in [0.2, 0.25) is 0 Å². The first kappa shape index (κ1) is 17.0. The minimum absolute atomic E-state index is 0.129. The van der Waals surface area contributed by atoms with Gasteiger partial charge in [-0.1, -0.05) is 45.9 Å². The van der Waals surface area contributed by atoms with Gasteiger partial charge in [-0.25, -0.2) is 0 Å². The fraction of sp³-hybridized carbons (Fsp3) is 0.368. The van der Waals surface area contributed by atoms with E-state index in [-0.39, 0.29) is 28.9 Å². The SMILES string of the molecule is Cc1ccc(C(=O)Nc2c(C(C)C)cccc2C(C)C)c(=O)[nH]1. The molecule has 2 rings (SSSR count). The fourth-order valence-electron chi connectivity index (χ4n) is 2.63. The van der Waals surface area contributed by atoms with Crippen molar-refractivity contribution in [3.8, 4) is 0 Å². The number of nitrogens with one attached hydrogen (secondary N) is 2. The van der Waals surface area contributed by atoms with Crippen LogP contribution in [-0.2, 0) is 0 Å². The highest BCUT2D eigenvalue weighted by molar-refractivity contribution is 6.05. The number of H-pyrrole nitrogens is 1. The molecule has 0 fully saturated rings. The molecule has 4 nitrogen and oxygen atoms in total. The molecular formula is C19H24N2O2. The number of pyridine rings is 1. The second kappa shape index (κ2) is 6.82. The van der Waals surface area contributed by atoms with Gasteiger partial charge in [-0.05, 0) is 42.0 Å². The first-order chi connectivity index (χ1) is 10.8. The van der Waals surface area contributed by atoms with E-state index >= 15 is 0 Å². The molecule has 1 heterocycles. The zero-order valence-corrected chi connectivity index (χ0v) is 14.4. The Morgan fingerprint density at radius 1 is 1.00 bits per heavy atom. The van der Waals surface area contributed by atoms with Crippen LogP contribution in [0, 0.1) is 6.92 Å². The number of rotatable bonds is 4. The van der Waals surface area contributed by atoms with Crippen molar-refractivity contribution in [3.05, 3.63) is 63.1 Å². The number of benzene rings is 1. The van der Waals surface area contributed by atoms with Crippen LogP contribution in [0.25, 0.3) is 0 Å². The number of anilines is 1. The standard InChI is InChI=1S/C19H24N2O2/c1-11(2)14-7-6-8-15(12(3)4)17(14)21-19(23)16-10-9-13(5)20-18(16)22/h6-12H,1-5H3,(H,20,22)(H,21,23). The second-order valence-corrected chi connectivity index (χ2v) is 6.46. The summed E-state index contributed by atoms with van der Waals surface area (Å²) in [4.78, 5) is 27.2. The lowest BCUT2D eigenvalue weighted by Crippen LogP contribution is -2.24. The Morgan fingerprint density at radius 2 is 1.57 bits per heavy atom. The number of carbonyl (C=O) groups excluding carboxylic acids is 1. The molecule has 1 amide bonds. The van der Waals surface area contributed by atoms with Crippen molar-refractivity contribution in [1.29, 1.82) is 0 Å². The quantitative estimate of drug-likeness (QED) is 0.889. The molecule has 0 saturated heterocycles. The van der Waals surface area contributed by atoms with Gasteiger partial charge in [0, 0.05) is 11.4 Å². The zero-order chi connectivity index (χ0) is 17.1. The molecule has 0 radical (unpaired) electrons. The third-order valence-electron chi connectivity index (χ3n) is 3.91. The Bertz CT molecular complexity index is 747. The Hall–Kier alpha value is -2.36. The van der Waals surface area contributed by atoms with Crippen molar-refractivity contribution in [2.45, 2.75) is 46.5 Å². The smallest absolute Gasteiger partial charge is 0.261 e. The molecule has 2 N–H and O–H groups in total. The highest BCUT2D eigenvalue weighted by Crippen LogP contribution is 2.32. The van der Waals surface area contributed by atoms with Gasteiger partial charge >= 0.3 is 0 Å². The van der Waals surface area contributed by atoms with Crippen molar-refractivity contribution in [2.75, 3.05) is 5.32 Å². The van der Waals surface area contributed by atoms with E-state index in [1.807, 2.05) is 18.2 Å². The average Bonchev–Trinajstić information content (AvgIpc) is 2.46. The molecule has 4 heteroatoms. The van der Waals surface area contributed by atoms with Crippen LogP contribution >= 0.6 is 0 Å². The summed E-state index contributed by atoms with van der Waals surface area (Å²) in [5, 5.41) is 2.96. The molecule has 0 unspecified atom stereocenters. The van der Waals surface area contributed by atoms with E-state index in [0.717, 1.165) is 22.5 Å². The van der Waals surface area contributed by atoms with Crippen LogP contribution in [0.2, 0.25) is 0 Å². The monoisotopic (exact) mass is 312 g/mol. The molecular weight excluding hydrogens is 288 g/mol. The van der Waals surface area contributed by atoms with Gasteiger partial charge in [0.15, 0.2) is 0 Å². The van der Waals surface area contributed by atoms with Crippen LogP contribution < -0.4 is 10.9 Å². The van der Waals surface area contributed by atoms with Crippen molar-refractivity contribution in [1.82, 2.24) is 4.98 Å². The minimum Gasteiger partial charge on any atom is -0.326 e. The molecule has 23 heavy (non-hydrogen) atoms. The predicted octanol–water partition coefficient (Wildman–Crippen LogP) is 4.18. The Kier molecular flexibility index (Phi) is 5.04. The molecule has 0 aliphatic heterocycles. The average molecular weight is 312 g/mol. The number of aryl methyl sites for hydroxylation is 1. The molecule has 0 aliphatic carbocycles. The molecule has 0 bridgehead atoms. The highest BCUT2D eigenvalue weighted by Gasteiger charge is 2.18. The summed E-state index contributed by atoms with van der Waals surface area (Å²) in [6.07, 6.45) is 0. The maximum absolute atomic E-state index is 12.6. The van der Waals surface area contributed by atoms with Gasteiger partial charge in [0.05, 0.1) is 0 Å². The summed E-state index contributed by atoms with van der Waals surface area (Å²) in [5.74, 6) is 0.182. The van der Waals surface area contributed by atoms with Gasteiger partial charge in [0.25, 0.3) is 11.5 Å². The molecule has 2 aromatic rings. The number of hydrogen-bond acceptors (Lipinski definition) is 2. The highest BCUT2D eigenvalue weighted by atomic mass is 16.2. The Labute approximate surface area is 137 Å².